The predicted octanol–water partition coefficient (Wildman–Crippen LogP) is 1.74. The normalized spacial score (nSPS) is 10.8. The Hall–Kier alpha value is -1.29. The van der Waals surface area contributed by atoms with Gasteiger partial charge >= 0.3 is 0 Å². The second-order valence-corrected chi connectivity index (χ2v) is 4.23. The quantitative estimate of drug-likeness (QED) is 0.563. The fourth-order valence-corrected chi connectivity index (χ4v) is 1.56. The van der Waals surface area contributed by atoms with Crippen molar-refractivity contribution in [3.63, 3.8) is 0 Å². The van der Waals surface area contributed by atoms with Crippen LogP contribution in [-0.4, -0.2) is 41.6 Å². The molecule has 0 unspecified atom stereocenters. The summed E-state index contributed by atoms with van der Waals surface area (Å²) in [7, 11) is 4.17. The minimum Gasteiger partial charge on any atom is -0.356 e. The third-order valence-corrected chi connectivity index (χ3v) is 2.29. The van der Waals surface area contributed by atoms with Crippen LogP contribution < -0.4 is 5.32 Å². The lowest BCUT2D eigenvalue weighted by molar-refractivity contribution is 0.405. The lowest BCUT2D eigenvalue weighted by atomic mass is 10.4. The van der Waals surface area contributed by atoms with Gasteiger partial charge in [0.15, 0.2) is 0 Å². The van der Waals surface area contributed by atoms with Gasteiger partial charge in [0.05, 0.1) is 5.69 Å². The zero-order valence-corrected chi connectivity index (χ0v) is 10.5. The number of hydrogen-bond acceptors (Lipinski definition) is 3. The van der Waals surface area contributed by atoms with E-state index in [2.05, 4.69) is 40.4 Å². The molecule has 16 heavy (non-hydrogen) atoms. The SMILES string of the molecule is C=CCn1cc(C)nc1NCCCN(C)C. The number of imidazole rings is 1. The maximum absolute atomic E-state index is 4.44. The Kier molecular flexibility index (Phi) is 5.05. The molecular formula is C12H22N4. The Labute approximate surface area is 98.0 Å². The smallest absolute Gasteiger partial charge is 0.203 e. The van der Waals surface area contributed by atoms with Crippen molar-refractivity contribution in [2.24, 2.45) is 0 Å². The summed E-state index contributed by atoms with van der Waals surface area (Å²) in [6.07, 6.45) is 5.04. The molecule has 4 nitrogen and oxygen atoms in total. The van der Waals surface area contributed by atoms with E-state index in [-0.39, 0.29) is 0 Å². The van der Waals surface area contributed by atoms with Gasteiger partial charge in [-0.25, -0.2) is 4.98 Å². The number of nitrogens with one attached hydrogen (secondary N) is 1. The Bertz CT molecular complexity index is 328. The van der Waals surface area contributed by atoms with Gasteiger partial charge in [-0.05, 0) is 34.0 Å². The molecule has 0 aromatic carbocycles. The van der Waals surface area contributed by atoms with Crippen LogP contribution in [0.1, 0.15) is 12.1 Å². The molecule has 1 rings (SSSR count). The molecule has 1 heterocycles. The van der Waals surface area contributed by atoms with Crippen molar-refractivity contribution in [1.29, 1.82) is 0 Å². The summed E-state index contributed by atoms with van der Waals surface area (Å²) in [6, 6.07) is 0. The molecule has 90 valence electrons. The van der Waals surface area contributed by atoms with Crippen LogP contribution in [0, 0.1) is 6.92 Å². The summed E-state index contributed by atoms with van der Waals surface area (Å²) >= 11 is 0. The zero-order chi connectivity index (χ0) is 12.0. The standard InChI is InChI=1S/C12H22N4/c1-5-8-16-10-11(2)14-12(16)13-7-6-9-15(3)4/h5,10H,1,6-9H2,2-4H3,(H,13,14). The first-order valence-electron chi connectivity index (χ1n) is 5.66. The van der Waals surface area contributed by atoms with Crippen LogP contribution >= 0.6 is 0 Å². The average molecular weight is 222 g/mol. The van der Waals surface area contributed by atoms with Gasteiger partial charge in [-0.1, -0.05) is 6.08 Å². The molecule has 0 fully saturated rings. The van der Waals surface area contributed by atoms with E-state index in [1.165, 1.54) is 0 Å². The van der Waals surface area contributed by atoms with Gasteiger partial charge in [-0.3, -0.25) is 0 Å². The molecule has 0 saturated heterocycles. The number of aryl methyl sites for hydroxylation is 1. The Morgan fingerprint density at radius 1 is 1.56 bits per heavy atom. The second kappa shape index (κ2) is 6.33. The van der Waals surface area contributed by atoms with Gasteiger partial charge in [0.1, 0.15) is 0 Å². The number of rotatable bonds is 7. The first-order valence-corrected chi connectivity index (χ1v) is 5.66. The highest BCUT2D eigenvalue weighted by molar-refractivity contribution is 5.28. The second-order valence-electron chi connectivity index (χ2n) is 4.23. The summed E-state index contributed by atoms with van der Waals surface area (Å²) in [6.45, 7) is 8.59. The number of aromatic nitrogens is 2. The van der Waals surface area contributed by atoms with E-state index in [1.807, 2.05) is 19.2 Å². The first kappa shape index (κ1) is 12.8. The Morgan fingerprint density at radius 3 is 2.94 bits per heavy atom. The molecule has 0 amide bonds. The predicted molar refractivity (Wildman–Crippen MR) is 68.8 cm³/mol. The van der Waals surface area contributed by atoms with Gasteiger partial charge in [-0.2, -0.15) is 0 Å². The average Bonchev–Trinajstić information content (AvgIpc) is 2.54. The highest BCUT2D eigenvalue weighted by Crippen LogP contribution is 2.08. The van der Waals surface area contributed by atoms with Crippen molar-refractivity contribution >= 4 is 5.95 Å². The van der Waals surface area contributed by atoms with Crippen molar-refractivity contribution in [3.8, 4) is 0 Å². The van der Waals surface area contributed by atoms with Crippen molar-refractivity contribution in [2.45, 2.75) is 19.9 Å². The van der Waals surface area contributed by atoms with Crippen molar-refractivity contribution in [3.05, 3.63) is 24.5 Å². The highest BCUT2D eigenvalue weighted by Gasteiger charge is 2.02. The summed E-state index contributed by atoms with van der Waals surface area (Å²) in [4.78, 5) is 6.62. The molecule has 0 aliphatic rings. The molecule has 0 aliphatic carbocycles. The summed E-state index contributed by atoms with van der Waals surface area (Å²) in [5.41, 5.74) is 1.04. The van der Waals surface area contributed by atoms with E-state index < -0.39 is 0 Å². The maximum Gasteiger partial charge on any atom is 0.203 e. The van der Waals surface area contributed by atoms with Crippen LogP contribution in [0.25, 0.3) is 0 Å². The van der Waals surface area contributed by atoms with Crippen LogP contribution in [-0.2, 0) is 6.54 Å². The Balaban J connectivity index is 2.43. The molecule has 0 bridgehead atoms. The third-order valence-electron chi connectivity index (χ3n) is 2.29. The van der Waals surface area contributed by atoms with Crippen LogP contribution in [0.5, 0.6) is 0 Å². The van der Waals surface area contributed by atoms with Gasteiger partial charge in [0.2, 0.25) is 5.95 Å². The van der Waals surface area contributed by atoms with E-state index in [0.717, 1.165) is 37.7 Å². The summed E-state index contributed by atoms with van der Waals surface area (Å²) in [5, 5.41) is 3.35. The molecule has 0 aliphatic heterocycles. The number of anilines is 1. The molecule has 0 spiro atoms. The van der Waals surface area contributed by atoms with Crippen LogP contribution in [0.3, 0.4) is 0 Å². The van der Waals surface area contributed by atoms with Crippen LogP contribution in [0.2, 0.25) is 0 Å². The van der Waals surface area contributed by atoms with E-state index in [4.69, 9.17) is 0 Å². The molecule has 1 N–H and O–H groups in total. The lowest BCUT2D eigenvalue weighted by Crippen LogP contribution is -2.17. The Morgan fingerprint density at radius 2 is 2.31 bits per heavy atom. The fraction of sp³-hybridized carbons (Fsp3) is 0.583. The summed E-state index contributed by atoms with van der Waals surface area (Å²) < 4.78 is 2.08. The number of allylic oxidation sites excluding steroid dienone is 1. The van der Waals surface area contributed by atoms with Gasteiger partial charge < -0.3 is 14.8 Å². The van der Waals surface area contributed by atoms with Crippen molar-refractivity contribution < 1.29 is 0 Å². The summed E-state index contributed by atoms with van der Waals surface area (Å²) in [5.74, 6) is 0.941. The fourth-order valence-electron chi connectivity index (χ4n) is 1.56. The van der Waals surface area contributed by atoms with Gasteiger partial charge in [-0.15, -0.1) is 6.58 Å². The van der Waals surface area contributed by atoms with Crippen LogP contribution in [0.15, 0.2) is 18.9 Å². The van der Waals surface area contributed by atoms with Crippen molar-refractivity contribution in [1.82, 2.24) is 14.5 Å². The van der Waals surface area contributed by atoms with Crippen molar-refractivity contribution in [2.75, 3.05) is 32.5 Å². The first-order chi connectivity index (χ1) is 7.63. The minimum absolute atomic E-state index is 0.802. The molecule has 0 atom stereocenters. The van der Waals surface area contributed by atoms with E-state index in [0.29, 0.717) is 0 Å². The molecule has 1 aromatic heterocycles. The molecule has 0 radical (unpaired) electrons. The maximum atomic E-state index is 4.44. The molecule has 1 aromatic rings. The van der Waals surface area contributed by atoms with Crippen LogP contribution in [0.4, 0.5) is 5.95 Å². The number of hydrogen-bond donors (Lipinski definition) is 1. The number of nitrogens with zero attached hydrogens (tertiary/aromatic N) is 3. The van der Waals surface area contributed by atoms with Gasteiger partial charge in [0, 0.05) is 19.3 Å². The molecule has 0 saturated carbocycles. The van der Waals surface area contributed by atoms with E-state index >= 15 is 0 Å². The third kappa shape index (κ3) is 4.06. The molecular weight excluding hydrogens is 200 g/mol. The largest absolute Gasteiger partial charge is 0.356 e. The lowest BCUT2D eigenvalue weighted by Gasteiger charge is -2.11. The van der Waals surface area contributed by atoms with E-state index in [1.54, 1.807) is 0 Å². The zero-order valence-electron chi connectivity index (χ0n) is 10.5. The van der Waals surface area contributed by atoms with E-state index in [9.17, 15) is 0 Å². The monoisotopic (exact) mass is 222 g/mol. The minimum atomic E-state index is 0.802. The van der Waals surface area contributed by atoms with Gasteiger partial charge in [0.25, 0.3) is 0 Å². The topological polar surface area (TPSA) is 33.1 Å². The molecule has 4 heteroatoms. The highest BCUT2D eigenvalue weighted by atomic mass is 15.2.